The third-order valence-corrected chi connectivity index (χ3v) is 8.19. The molecule has 0 N–H and O–H groups in total. The molecule has 3 heterocycles. The van der Waals surface area contributed by atoms with Gasteiger partial charge in [0.2, 0.25) is 5.91 Å². The first kappa shape index (κ1) is 26.5. The van der Waals surface area contributed by atoms with Crippen LogP contribution < -0.4 is 4.90 Å². The molecule has 0 atom stereocenters. The Kier molecular flexibility index (Phi) is 6.46. The number of amides is 2. The van der Waals surface area contributed by atoms with Crippen molar-refractivity contribution in [3.63, 3.8) is 0 Å². The molecule has 0 bridgehead atoms. The number of likely N-dealkylation sites (tertiary alicyclic amines) is 1. The predicted octanol–water partition coefficient (Wildman–Crippen LogP) is 4.16. The Morgan fingerprint density at radius 3 is 2.55 bits per heavy atom. The number of carbonyl (C=O) groups excluding carboxylic acids is 2. The molecule has 2 aliphatic heterocycles. The summed E-state index contributed by atoms with van der Waals surface area (Å²) in [6, 6.07) is 13.0. The first-order valence-corrected chi connectivity index (χ1v) is 14.9. The Labute approximate surface area is 227 Å². The zero-order chi connectivity index (χ0) is 27.5. The molecule has 1 spiro atoms. The summed E-state index contributed by atoms with van der Waals surface area (Å²) in [5.41, 5.74) is 1.72. The standard InChI is InChI=1S/C27H31ClN4O5S/c1-26(2,3)37-25(34)30-16-27(17-30)19-8-5-6-9-21(19)32(24(27)33)15-23-29-20-14-18(28)10-11-22(20)31(23)12-7-13-38(4,35)36/h5-6,8-11,14H,7,12-13,15-17H2,1-4H3. The molecular formula is C27H31ClN4O5S. The maximum atomic E-state index is 14.0. The average molecular weight is 559 g/mol. The molecule has 202 valence electrons. The highest BCUT2D eigenvalue weighted by Crippen LogP contribution is 2.48. The van der Waals surface area contributed by atoms with Crippen LogP contribution in [0.1, 0.15) is 38.6 Å². The van der Waals surface area contributed by atoms with Crippen molar-refractivity contribution in [3.8, 4) is 0 Å². The Morgan fingerprint density at radius 2 is 1.87 bits per heavy atom. The number of benzene rings is 2. The molecule has 0 saturated carbocycles. The average Bonchev–Trinajstić information content (AvgIpc) is 3.23. The number of ether oxygens (including phenoxy) is 1. The fourth-order valence-corrected chi connectivity index (χ4v) is 6.09. The lowest BCUT2D eigenvalue weighted by Gasteiger charge is -2.46. The highest BCUT2D eigenvalue weighted by molar-refractivity contribution is 7.90. The monoisotopic (exact) mass is 558 g/mol. The van der Waals surface area contributed by atoms with E-state index >= 15 is 0 Å². The minimum absolute atomic E-state index is 0.0504. The topological polar surface area (TPSA) is 102 Å². The Bertz CT molecular complexity index is 1540. The number of halogens is 1. The lowest BCUT2D eigenvalue weighted by Crippen LogP contribution is -2.65. The van der Waals surface area contributed by atoms with Gasteiger partial charge in [-0.3, -0.25) is 4.79 Å². The van der Waals surface area contributed by atoms with Crippen LogP contribution in [-0.2, 0) is 37.9 Å². The van der Waals surface area contributed by atoms with Crippen molar-refractivity contribution in [2.75, 3.05) is 30.0 Å². The van der Waals surface area contributed by atoms with Gasteiger partial charge in [-0.05, 0) is 57.0 Å². The summed E-state index contributed by atoms with van der Waals surface area (Å²) < 4.78 is 31.0. The fourth-order valence-electron chi connectivity index (χ4n) is 5.27. The molecule has 0 unspecified atom stereocenters. The van der Waals surface area contributed by atoms with Crippen molar-refractivity contribution < 1.29 is 22.7 Å². The van der Waals surface area contributed by atoms with Crippen LogP contribution in [0.25, 0.3) is 11.0 Å². The van der Waals surface area contributed by atoms with Gasteiger partial charge in [0.05, 0.1) is 23.3 Å². The molecule has 0 aliphatic carbocycles. The van der Waals surface area contributed by atoms with Crippen molar-refractivity contribution >= 4 is 50.2 Å². The first-order chi connectivity index (χ1) is 17.8. The van der Waals surface area contributed by atoms with Crippen molar-refractivity contribution in [2.24, 2.45) is 0 Å². The lowest BCUT2D eigenvalue weighted by molar-refractivity contribution is -0.129. The number of nitrogens with zero attached hydrogens (tertiary/aromatic N) is 4. The minimum atomic E-state index is -3.12. The number of aryl methyl sites for hydroxylation is 1. The van der Waals surface area contributed by atoms with Gasteiger partial charge in [-0.2, -0.15) is 0 Å². The number of fused-ring (bicyclic) bond motifs is 3. The number of rotatable bonds is 6. The number of anilines is 1. The summed E-state index contributed by atoms with van der Waals surface area (Å²) in [7, 11) is -3.12. The zero-order valence-electron chi connectivity index (χ0n) is 21.9. The zero-order valence-corrected chi connectivity index (χ0v) is 23.5. The van der Waals surface area contributed by atoms with Gasteiger partial charge in [0.1, 0.15) is 26.7 Å². The van der Waals surface area contributed by atoms with Crippen LogP contribution in [0.15, 0.2) is 42.5 Å². The van der Waals surface area contributed by atoms with Gasteiger partial charge in [0.25, 0.3) is 0 Å². The molecule has 1 aromatic heterocycles. The van der Waals surface area contributed by atoms with Crippen LogP contribution in [0.4, 0.5) is 10.5 Å². The summed E-state index contributed by atoms with van der Waals surface area (Å²) in [4.78, 5) is 34.7. The quantitative estimate of drug-likeness (QED) is 0.450. The van der Waals surface area contributed by atoms with Crippen molar-refractivity contribution in [2.45, 2.75) is 51.3 Å². The number of imidazole rings is 1. The van der Waals surface area contributed by atoms with Gasteiger partial charge >= 0.3 is 6.09 Å². The lowest BCUT2D eigenvalue weighted by atomic mass is 9.75. The molecule has 9 nitrogen and oxygen atoms in total. The third-order valence-electron chi connectivity index (χ3n) is 6.92. The van der Waals surface area contributed by atoms with E-state index < -0.39 is 26.9 Å². The van der Waals surface area contributed by atoms with E-state index in [1.54, 1.807) is 21.9 Å². The second kappa shape index (κ2) is 9.27. The second-order valence-corrected chi connectivity index (χ2v) is 13.8. The van der Waals surface area contributed by atoms with Crippen molar-refractivity contribution in [1.29, 1.82) is 0 Å². The number of aromatic nitrogens is 2. The van der Waals surface area contributed by atoms with Gasteiger partial charge < -0.3 is 19.1 Å². The highest BCUT2D eigenvalue weighted by atomic mass is 35.5. The fraction of sp³-hybridized carbons (Fsp3) is 0.444. The largest absolute Gasteiger partial charge is 0.444 e. The summed E-state index contributed by atoms with van der Waals surface area (Å²) >= 11 is 6.21. The smallest absolute Gasteiger partial charge is 0.410 e. The van der Waals surface area contributed by atoms with E-state index in [1.807, 2.05) is 55.7 Å². The van der Waals surface area contributed by atoms with Crippen LogP contribution >= 0.6 is 11.6 Å². The molecule has 5 rings (SSSR count). The molecule has 3 aromatic rings. The molecule has 2 aromatic carbocycles. The Morgan fingerprint density at radius 1 is 1.16 bits per heavy atom. The summed E-state index contributed by atoms with van der Waals surface area (Å²) in [6.45, 7) is 6.56. The number of para-hydroxylation sites is 1. The van der Waals surface area contributed by atoms with Gasteiger partial charge in [-0.1, -0.05) is 29.8 Å². The molecular weight excluding hydrogens is 528 g/mol. The number of carbonyl (C=O) groups is 2. The molecule has 1 fully saturated rings. The number of hydrogen-bond acceptors (Lipinski definition) is 6. The Balaban J connectivity index is 1.45. The van der Waals surface area contributed by atoms with E-state index in [1.165, 1.54) is 6.26 Å². The van der Waals surface area contributed by atoms with Gasteiger partial charge in [-0.25, -0.2) is 18.2 Å². The summed E-state index contributed by atoms with van der Waals surface area (Å²) in [6.07, 6.45) is 1.20. The van der Waals surface area contributed by atoms with Crippen LogP contribution in [-0.4, -0.2) is 65.6 Å². The predicted molar refractivity (Wildman–Crippen MR) is 146 cm³/mol. The number of hydrogen-bond donors (Lipinski definition) is 0. The molecule has 11 heteroatoms. The molecule has 38 heavy (non-hydrogen) atoms. The van der Waals surface area contributed by atoms with E-state index in [4.69, 9.17) is 21.3 Å². The van der Waals surface area contributed by atoms with E-state index in [0.717, 1.165) is 16.8 Å². The molecule has 0 radical (unpaired) electrons. The van der Waals surface area contributed by atoms with E-state index in [9.17, 15) is 18.0 Å². The van der Waals surface area contributed by atoms with Gasteiger partial charge in [0.15, 0.2) is 0 Å². The van der Waals surface area contributed by atoms with Crippen molar-refractivity contribution in [1.82, 2.24) is 14.5 Å². The first-order valence-electron chi connectivity index (χ1n) is 12.5. The van der Waals surface area contributed by atoms with Gasteiger partial charge in [0, 0.05) is 36.6 Å². The van der Waals surface area contributed by atoms with Gasteiger partial charge in [-0.15, -0.1) is 0 Å². The summed E-state index contributed by atoms with van der Waals surface area (Å²) in [5.74, 6) is 0.597. The van der Waals surface area contributed by atoms with E-state index in [-0.39, 0.29) is 31.3 Å². The van der Waals surface area contributed by atoms with Crippen molar-refractivity contribution in [3.05, 3.63) is 58.9 Å². The normalized spacial score (nSPS) is 16.7. The van der Waals surface area contributed by atoms with Crippen LogP contribution in [0, 0.1) is 0 Å². The van der Waals surface area contributed by atoms with Crippen LogP contribution in [0.2, 0.25) is 5.02 Å². The van der Waals surface area contributed by atoms with E-state index in [0.29, 0.717) is 29.3 Å². The molecule has 1 saturated heterocycles. The maximum Gasteiger partial charge on any atom is 0.410 e. The highest BCUT2D eigenvalue weighted by Gasteiger charge is 2.59. The maximum absolute atomic E-state index is 14.0. The molecule has 2 amide bonds. The molecule has 2 aliphatic rings. The summed E-state index contributed by atoms with van der Waals surface area (Å²) in [5, 5.41) is 0.545. The second-order valence-electron chi connectivity index (χ2n) is 11.1. The van der Waals surface area contributed by atoms with Crippen LogP contribution in [0.3, 0.4) is 0 Å². The SMILES string of the molecule is CC(C)(C)OC(=O)N1CC2(C1)C(=O)N(Cc1nc3cc(Cl)ccc3n1CCCS(C)(=O)=O)c1ccccc12. The Hall–Kier alpha value is -3.11. The van der Waals surface area contributed by atoms with E-state index in [2.05, 4.69) is 0 Å². The van der Waals surface area contributed by atoms with Crippen LogP contribution in [0.5, 0.6) is 0 Å². The minimum Gasteiger partial charge on any atom is -0.444 e. The number of sulfone groups is 1. The third kappa shape index (κ3) is 4.87.